The largest absolute Gasteiger partial charge is 0.383 e. The van der Waals surface area contributed by atoms with E-state index >= 15 is 0 Å². The molecule has 0 unspecified atom stereocenters. The van der Waals surface area contributed by atoms with Gasteiger partial charge in [0.25, 0.3) is 0 Å². The minimum atomic E-state index is 0.292. The summed E-state index contributed by atoms with van der Waals surface area (Å²) in [5.41, 5.74) is 2.85. The summed E-state index contributed by atoms with van der Waals surface area (Å²) in [7, 11) is 1.72. The molecule has 3 aromatic rings. The quantitative estimate of drug-likeness (QED) is 0.719. The van der Waals surface area contributed by atoms with Crippen molar-refractivity contribution in [2.45, 2.75) is 18.5 Å². The second-order valence-corrected chi connectivity index (χ2v) is 6.33. The van der Waals surface area contributed by atoms with Crippen molar-refractivity contribution in [3.63, 3.8) is 0 Å². The van der Waals surface area contributed by atoms with Crippen LogP contribution in [0.1, 0.15) is 12.0 Å². The van der Waals surface area contributed by atoms with Crippen molar-refractivity contribution in [1.82, 2.24) is 24.7 Å². The lowest BCUT2D eigenvalue weighted by Crippen LogP contribution is -2.26. The minimum Gasteiger partial charge on any atom is -0.383 e. The van der Waals surface area contributed by atoms with Gasteiger partial charge in [0, 0.05) is 31.9 Å². The number of nitrogens with zero attached hydrogens (tertiary/aromatic N) is 5. The number of anilines is 1. The van der Waals surface area contributed by atoms with Crippen LogP contribution in [0, 0.1) is 11.3 Å². The third-order valence-electron chi connectivity index (χ3n) is 4.48. The van der Waals surface area contributed by atoms with Crippen LogP contribution >= 0.6 is 0 Å². The molecule has 8 nitrogen and oxygen atoms in total. The Balaban J connectivity index is 1.56. The van der Waals surface area contributed by atoms with E-state index in [0.29, 0.717) is 29.9 Å². The van der Waals surface area contributed by atoms with Gasteiger partial charge in [-0.15, -0.1) is 0 Å². The molecule has 2 atom stereocenters. The van der Waals surface area contributed by atoms with Gasteiger partial charge < -0.3 is 15.4 Å². The average Bonchev–Trinajstić information content (AvgIpc) is 3.28. The predicted molar refractivity (Wildman–Crippen MR) is 96.6 cm³/mol. The summed E-state index contributed by atoms with van der Waals surface area (Å²) in [5, 5.41) is 15.9. The van der Waals surface area contributed by atoms with Crippen molar-refractivity contribution < 1.29 is 4.74 Å². The standard InChI is InChI=1S/C18H19N7O/c1-26-11-14-5-13(7-21-14)23-17-10-20-8-15(24-17)16-9-22-18-4-12(6-19)2-3-25(16)18/h2-4,8-10,13-14,21H,5,7,11H2,1H3,(H,23,24)/t13-,14+/m1/s1. The first-order valence-corrected chi connectivity index (χ1v) is 8.45. The Hall–Kier alpha value is -3.02. The van der Waals surface area contributed by atoms with Gasteiger partial charge in [0.05, 0.1) is 42.5 Å². The number of ether oxygens (including phenoxy) is 1. The summed E-state index contributed by atoms with van der Waals surface area (Å²) >= 11 is 0. The molecular weight excluding hydrogens is 330 g/mol. The molecule has 1 aliphatic heterocycles. The minimum absolute atomic E-state index is 0.292. The molecular formula is C18H19N7O. The Morgan fingerprint density at radius 3 is 3.19 bits per heavy atom. The summed E-state index contributed by atoms with van der Waals surface area (Å²) in [6.07, 6.45) is 7.99. The van der Waals surface area contributed by atoms with Crippen molar-refractivity contribution in [3.05, 3.63) is 42.5 Å². The second-order valence-electron chi connectivity index (χ2n) is 6.33. The Morgan fingerprint density at radius 1 is 1.42 bits per heavy atom. The third-order valence-corrected chi connectivity index (χ3v) is 4.48. The number of rotatable bonds is 5. The maximum atomic E-state index is 9.01. The fraction of sp³-hybridized carbons (Fsp3) is 0.333. The van der Waals surface area contributed by atoms with Gasteiger partial charge in [-0.05, 0) is 18.6 Å². The van der Waals surface area contributed by atoms with E-state index in [9.17, 15) is 0 Å². The van der Waals surface area contributed by atoms with Crippen LogP contribution in [0.2, 0.25) is 0 Å². The number of nitriles is 1. The molecule has 0 aliphatic carbocycles. The molecule has 0 spiro atoms. The summed E-state index contributed by atoms with van der Waals surface area (Å²) in [5.74, 6) is 0.732. The molecule has 0 radical (unpaired) electrons. The van der Waals surface area contributed by atoms with Crippen LogP contribution in [0.5, 0.6) is 0 Å². The summed E-state index contributed by atoms with van der Waals surface area (Å²) in [6, 6.07) is 6.29. The van der Waals surface area contributed by atoms with Gasteiger partial charge in [-0.2, -0.15) is 5.26 Å². The number of aromatic nitrogens is 4. The van der Waals surface area contributed by atoms with E-state index in [4.69, 9.17) is 10.00 Å². The number of imidazole rings is 1. The molecule has 1 saturated heterocycles. The Bertz CT molecular complexity index is 962. The van der Waals surface area contributed by atoms with Crippen LogP contribution in [0.4, 0.5) is 5.82 Å². The number of hydrogen-bond donors (Lipinski definition) is 2. The number of pyridine rings is 1. The molecule has 1 aliphatic rings. The molecule has 0 aromatic carbocycles. The Labute approximate surface area is 150 Å². The molecule has 2 N–H and O–H groups in total. The molecule has 0 saturated carbocycles. The van der Waals surface area contributed by atoms with Crippen LogP contribution < -0.4 is 10.6 Å². The van der Waals surface area contributed by atoms with E-state index in [-0.39, 0.29) is 0 Å². The van der Waals surface area contributed by atoms with Crippen LogP contribution in [-0.2, 0) is 4.74 Å². The van der Waals surface area contributed by atoms with Crippen LogP contribution in [-0.4, -0.2) is 51.7 Å². The summed E-state index contributed by atoms with van der Waals surface area (Å²) < 4.78 is 7.10. The maximum Gasteiger partial charge on any atom is 0.145 e. The highest BCUT2D eigenvalue weighted by molar-refractivity contribution is 5.62. The lowest BCUT2D eigenvalue weighted by Gasteiger charge is -2.13. The predicted octanol–water partition coefficient (Wildman–Crippen LogP) is 1.45. The van der Waals surface area contributed by atoms with E-state index in [2.05, 4.69) is 31.7 Å². The van der Waals surface area contributed by atoms with Gasteiger partial charge >= 0.3 is 0 Å². The van der Waals surface area contributed by atoms with E-state index in [1.165, 1.54) is 0 Å². The molecule has 8 heteroatoms. The third kappa shape index (κ3) is 3.22. The average molecular weight is 349 g/mol. The highest BCUT2D eigenvalue weighted by Gasteiger charge is 2.24. The highest BCUT2D eigenvalue weighted by Crippen LogP contribution is 2.21. The van der Waals surface area contributed by atoms with E-state index in [1.807, 2.05) is 10.6 Å². The van der Waals surface area contributed by atoms with E-state index < -0.39 is 0 Å². The second kappa shape index (κ2) is 7.07. The summed E-state index contributed by atoms with van der Waals surface area (Å²) in [4.78, 5) is 13.4. The van der Waals surface area contributed by atoms with Crippen molar-refractivity contribution in [3.8, 4) is 17.5 Å². The highest BCUT2D eigenvalue weighted by atomic mass is 16.5. The van der Waals surface area contributed by atoms with Gasteiger partial charge in [-0.3, -0.25) is 9.38 Å². The zero-order valence-corrected chi connectivity index (χ0v) is 14.4. The fourth-order valence-corrected chi connectivity index (χ4v) is 3.26. The van der Waals surface area contributed by atoms with Crippen LogP contribution in [0.15, 0.2) is 36.9 Å². The van der Waals surface area contributed by atoms with E-state index in [1.54, 1.807) is 37.8 Å². The first-order valence-electron chi connectivity index (χ1n) is 8.45. The maximum absolute atomic E-state index is 9.01. The lowest BCUT2D eigenvalue weighted by atomic mass is 10.2. The van der Waals surface area contributed by atoms with Crippen molar-refractivity contribution in [2.75, 3.05) is 25.6 Å². The zero-order valence-electron chi connectivity index (χ0n) is 14.4. The SMILES string of the molecule is COC[C@@H]1C[C@@H](Nc2cncc(-c3cnc4cc(C#N)ccn34)n2)CN1. The molecule has 132 valence electrons. The molecule has 0 bridgehead atoms. The Kier molecular flexibility index (Phi) is 4.48. The topological polar surface area (TPSA) is 100 Å². The van der Waals surface area contributed by atoms with Crippen LogP contribution in [0.25, 0.3) is 17.0 Å². The fourth-order valence-electron chi connectivity index (χ4n) is 3.26. The molecule has 3 aromatic heterocycles. The van der Waals surface area contributed by atoms with Gasteiger partial charge in [-0.25, -0.2) is 9.97 Å². The lowest BCUT2D eigenvalue weighted by molar-refractivity contribution is 0.173. The van der Waals surface area contributed by atoms with E-state index in [0.717, 1.165) is 30.2 Å². The van der Waals surface area contributed by atoms with Gasteiger partial charge in [0.2, 0.25) is 0 Å². The first-order chi connectivity index (χ1) is 12.8. The molecule has 0 amide bonds. The van der Waals surface area contributed by atoms with Crippen LogP contribution in [0.3, 0.4) is 0 Å². The van der Waals surface area contributed by atoms with Gasteiger partial charge in [0.15, 0.2) is 0 Å². The number of nitrogens with one attached hydrogen (secondary N) is 2. The monoisotopic (exact) mass is 349 g/mol. The first kappa shape index (κ1) is 16.4. The van der Waals surface area contributed by atoms with Gasteiger partial charge in [0.1, 0.15) is 17.2 Å². The Morgan fingerprint density at radius 2 is 2.35 bits per heavy atom. The number of methoxy groups -OCH3 is 1. The van der Waals surface area contributed by atoms with Crippen molar-refractivity contribution in [1.29, 1.82) is 5.26 Å². The van der Waals surface area contributed by atoms with Crippen molar-refractivity contribution in [2.24, 2.45) is 0 Å². The molecule has 1 fully saturated rings. The molecule has 26 heavy (non-hydrogen) atoms. The summed E-state index contributed by atoms with van der Waals surface area (Å²) in [6.45, 7) is 1.57. The van der Waals surface area contributed by atoms with Crippen molar-refractivity contribution >= 4 is 11.5 Å². The molecule has 4 rings (SSSR count). The normalized spacial score (nSPS) is 19.5. The number of hydrogen-bond acceptors (Lipinski definition) is 7. The molecule has 4 heterocycles. The van der Waals surface area contributed by atoms with Gasteiger partial charge in [-0.1, -0.05) is 0 Å². The smallest absolute Gasteiger partial charge is 0.145 e. The zero-order chi connectivity index (χ0) is 17.9. The number of fused-ring (bicyclic) bond motifs is 1.